The zero-order valence-electron chi connectivity index (χ0n) is 30.4. The molecule has 0 aromatic carbocycles. The zero-order chi connectivity index (χ0) is 42.4. The van der Waals surface area contributed by atoms with Gasteiger partial charge in [-0.15, -0.1) is 45.5 Å². The molecule has 5 heterocycles. The highest BCUT2D eigenvalue weighted by molar-refractivity contribution is 8.01. The Labute approximate surface area is 353 Å². The molecule has 1 saturated heterocycles. The number of aromatic nitrogens is 8. The van der Waals surface area contributed by atoms with Gasteiger partial charge in [-0.1, -0.05) is 35.7 Å². The number of nitriles is 1. The highest BCUT2D eigenvalue weighted by atomic mass is 32.2. The first-order valence-corrected chi connectivity index (χ1v) is 21.7. The number of thioether (sulfide) groups is 5. The number of tetrazole rings is 2. The second kappa shape index (κ2) is 19.0. The number of ether oxygens (including phenoxy) is 2. The maximum absolute atomic E-state index is 14.7. The minimum absolute atomic E-state index is 0.00538. The van der Waals surface area contributed by atoms with E-state index in [-0.39, 0.29) is 51.4 Å². The van der Waals surface area contributed by atoms with Gasteiger partial charge in [-0.2, -0.15) is 10.3 Å². The van der Waals surface area contributed by atoms with Gasteiger partial charge in [0.2, 0.25) is 16.2 Å². The summed E-state index contributed by atoms with van der Waals surface area (Å²) in [7, 11) is 5.27. The van der Waals surface area contributed by atoms with Gasteiger partial charge in [-0.05, 0) is 32.0 Å². The van der Waals surface area contributed by atoms with Crippen LogP contribution in [0.3, 0.4) is 0 Å². The maximum atomic E-state index is 14.7. The summed E-state index contributed by atoms with van der Waals surface area (Å²) in [5, 5.41) is 56.2. The second-order valence-corrected chi connectivity index (χ2v) is 16.9. The minimum atomic E-state index is -2.79. The van der Waals surface area contributed by atoms with Crippen LogP contribution < -0.4 is 10.6 Å². The summed E-state index contributed by atoms with van der Waals surface area (Å²) in [5.74, 6) is -7.80. The number of amides is 3. The lowest BCUT2D eigenvalue weighted by molar-refractivity contribution is -0.214. The van der Waals surface area contributed by atoms with Gasteiger partial charge in [-0.25, -0.2) is 23.7 Å². The molecule has 1 unspecified atom stereocenters. The van der Waals surface area contributed by atoms with Gasteiger partial charge in [0, 0.05) is 51.3 Å². The van der Waals surface area contributed by atoms with E-state index >= 15 is 0 Å². The summed E-state index contributed by atoms with van der Waals surface area (Å²) in [4.78, 5) is 87.5. The van der Waals surface area contributed by atoms with E-state index in [0.717, 1.165) is 70.8 Å². The molecule has 4 atom stereocenters. The number of nitrogens with zero attached hydrogens (tertiary/aromatic N) is 11. The molecule has 5 rings (SSSR count). The second-order valence-electron chi connectivity index (χ2n) is 11.7. The molecule has 0 aliphatic carbocycles. The number of aliphatic carboxylic acids is 2. The summed E-state index contributed by atoms with van der Waals surface area (Å²) >= 11 is 9.73. The number of hydrogen-bond donors (Lipinski definition) is 4. The SMILES string of the molecule is COC(NC(=O)C=S)(C(=O)O)[C@H]1SCC(CSc2nnnn2C)=C(C(=O)O)N1OC(=O)C1=C(CSc2nnnn2C)CS[C@H]2N1C(=O)[C@]2(NC(=O)CSCC#N)OC. The minimum Gasteiger partial charge on any atom is -0.478 e. The van der Waals surface area contributed by atoms with Crippen molar-refractivity contribution in [1.82, 2.24) is 61.0 Å². The number of nitrogens with one attached hydrogen (secondary N) is 2. The van der Waals surface area contributed by atoms with Gasteiger partial charge >= 0.3 is 17.9 Å². The molecule has 0 bridgehead atoms. The van der Waals surface area contributed by atoms with E-state index in [1.807, 2.05) is 6.07 Å². The number of methoxy groups -OCH3 is 2. The molecular formula is C28H31N13O11S6. The predicted molar refractivity (Wildman–Crippen MR) is 208 cm³/mol. The fraction of sp³-hybridized carbons (Fsp3) is 0.500. The molecule has 3 aliphatic rings. The molecule has 4 N–H and O–H groups in total. The average Bonchev–Trinajstić information content (AvgIpc) is 3.82. The van der Waals surface area contributed by atoms with Crippen molar-refractivity contribution in [3.8, 4) is 6.07 Å². The normalized spacial score (nSPS) is 21.3. The van der Waals surface area contributed by atoms with Crippen molar-refractivity contribution in [2.24, 2.45) is 14.1 Å². The van der Waals surface area contributed by atoms with Gasteiger partial charge < -0.3 is 35.2 Å². The lowest BCUT2D eigenvalue weighted by Gasteiger charge is -2.56. The van der Waals surface area contributed by atoms with Crippen LogP contribution in [0.1, 0.15) is 0 Å². The number of rotatable bonds is 19. The standard InChI is InChI=1S/C28H31N13O11S6/c1-38-25(32-34-36-38)57-10-13-8-56-23(28(51-4,24(48)49)30-15(42)7-53)41(17(13)19(44)45)52-20(46)18-14(11-58-26-33-35-37-39(26)2)9-55-22-27(50-3,21(47)40(18)22)31-16(43)12-54-6-5-29/h7,22-23H,6,8-12H2,1-4H3,(H,30,42)(H,31,43)(H,44,45)(H,48,49)/t22-,23-,27+,28?/m1/s1. The molecule has 310 valence electrons. The van der Waals surface area contributed by atoms with Crippen molar-refractivity contribution in [2.45, 2.75) is 32.5 Å². The van der Waals surface area contributed by atoms with Gasteiger partial charge in [0.15, 0.2) is 11.1 Å². The molecule has 0 saturated carbocycles. The fourth-order valence-electron chi connectivity index (χ4n) is 5.59. The molecule has 2 aromatic rings. The number of carboxylic acids is 2. The van der Waals surface area contributed by atoms with Crippen LogP contribution >= 0.6 is 71.0 Å². The van der Waals surface area contributed by atoms with Crippen LogP contribution in [-0.2, 0) is 57.2 Å². The first-order valence-electron chi connectivity index (χ1n) is 16.0. The van der Waals surface area contributed by atoms with Crippen molar-refractivity contribution in [1.29, 1.82) is 5.26 Å². The number of hydrogen-bond acceptors (Lipinski definition) is 23. The number of carbonyl (C=O) groups is 6. The van der Waals surface area contributed by atoms with Crippen molar-refractivity contribution in [3.05, 3.63) is 22.5 Å². The number of carboxylic acid groups (broad SMARTS) is 2. The van der Waals surface area contributed by atoms with Crippen molar-refractivity contribution in [2.75, 3.05) is 48.7 Å². The largest absolute Gasteiger partial charge is 0.478 e. The molecule has 1 fully saturated rings. The first kappa shape index (κ1) is 44.6. The number of aryl methyl sites for hydroxylation is 2. The highest BCUT2D eigenvalue weighted by Crippen LogP contribution is 2.48. The lowest BCUT2D eigenvalue weighted by Crippen LogP contribution is -2.81. The van der Waals surface area contributed by atoms with E-state index in [9.17, 15) is 39.0 Å². The van der Waals surface area contributed by atoms with E-state index in [4.69, 9.17) is 31.8 Å². The Morgan fingerprint density at radius 2 is 1.64 bits per heavy atom. The molecule has 24 nitrogen and oxygen atoms in total. The number of carbonyl (C=O) groups excluding carboxylic acids is 4. The Balaban J connectivity index is 1.60. The third-order valence-corrected chi connectivity index (χ3v) is 14.2. The number of thiocarbonyl (C=S) groups is 1. The molecule has 3 aliphatic heterocycles. The Bertz CT molecular complexity index is 2110. The summed E-state index contributed by atoms with van der Waals surface area (Å²) < 4.78 is 13.7. The molecule has 2 aromatic heterocycles. The third-order valence-electron chi connectivity index (χ3n) is 8.23. The first-order chi connectivity index (χ1) is 27.7. The summed E-state index contributed by atoms with van der Waals surface area (Å²) in [6.45, 7) is 0. The van der Waals surface area contributed by atoms with Crippen molar-refractivity contribution >= 4 is 112 Å². The number of β-lactam (4-membered cyclic amide) rings is 1. The van der Waals surface area contributed by atoms with Crippen LogP contribution in [0.25, 0.3) is 0 Å². The van der Waals surface area contributed by atoms with Crippen LogP contribution in [0.5, 0.6) is 0 Å². The van der Waals surface area contributed by atoms with Gasteiger partial charge in [-0.3, -0.25) is 19.3 Å². The Hall–Kier alpha value is -4.51. The smallest absolute Gasteiger partial charge is 0.379 e. The Kier molecular flexibility index (Phi) is 14.6. The molecule has 58 heavy (non-hydrogen) atoms. The molecule has 0 radical (unpaired) electrons. The molecular weight excluding hydrogens is 887 g/mol. The topological polar surface area (TPSA) is 312 Å². The van der Waals surface area contributed by atoms with Crippen molar-refractivity contribution in [3.63, 3.8) is 0 Å². The Morgan fingerprint density at radius 1 is 1.03 bits per heavy atom. The number of fused-ring (bicyclic) bond motifs is 1. The van der Waals surface area contributed by atoms with Gasteiger partial charge in [0.25, 0.3) is 23.3 Å². The highest BCUT2D eigenvalue weighted by Gasteiger charge is 2.67. The lowest BCUT2D eigenvalue weighted by atomic mass is 9.98. The summed E-state index contributed by atoms with van der Waals surface area (Å²) in [6.07, 6.45) is 0. The summed E-state index contributed by atoms with van der Waals surface area (Å²) in [6, 6.07) is 1.90. The van der Waals surface area contributed by atoms with E-state index in [1.54, 1.807) is 14.1 Å². The van der Waals surface area contributed by atoms with Crippen LogP contribution in [0.2, 0.25) is 0 Å². The third kappa shape index (κ3) is 8.75. The number of hydroxylamine groups is 2. The van der Waals surface area contributed by atoms with Crippen LogP contribution in [0.4, 0.5) is 0 Å². The van der Waals surface area contributed by atoms with E-state index in [2.05, 4.69) is 41.7 Å². The van der Waals surface area contributed by atoms with Gasteiger partial charge in [0.1, 0.15) is 11.1 Å². The zero-order valence-corrected chi connectivity index (χ0v) is 35.3. The van der Waals surface area contributed by atoms with E-state index in [0.29, 0.717) is 20.7 Å². The van der Waals surface area contributed by atoms with Crippen LogP contribution in [0, 0.1) is 11.3 Å². The Morgan fingerprint density at radius 3 is 2.14 bits per heavy atom. The molecule has 3 amide bonds. The molecule has 0 spiro atoms. The summed E-state index contributed by atoms with van der Waals surface area (Å²) in [5.41, 5.74) is -5.40. The van der Waals surface area contributed by atoms with Crippen molar-refractivity contribution < 1.29 is 53.3 Å². The monoisotopic (exact) mass is 917 g/mol. The average molecular weight is 918 g/mol. The quantitative estimate of drug-likeness (QED) is 0.0398. The van der Waals surface area contributed by atoms with E-state index < -0.39 is 63.5 Å². The maximum Gasteiger partial charge on any atom is 0.379 e. The molecule has 30 heteroatoms. The van der Waals surface area contributed by atoms with Crippen LogP contribution in [-0.4, -0.2) is 173 Å². The fourth-order valence-corrected chi connectivity index (χ4v) is 10.9. The van der Waals surface area contributed by atoms with E-state index in [1.165, 1.54) is 16.5 Å². The predicted octanol–water partition coefficient (Wildman–Crippen LogP) is -1.78. The van der Waals surface area contributed by atoms with Crippen LogP contribution in [0.15, 0.2) is 32.9 Å². The van der Waals surface area contributed by atoms with Gasteiger partial charge in [0.05, 0.1) is 22.9 Å².